The highest BCUT2D eigenvalue weighted by atomic mass is 19.2. The SMILES string of the molecule is CN(CCC1=NC=C[N+]1(C(=O)[O-])c1ccc(OC(=O)c2c(F)ccc(F)c2F)cc1)C(=O)OC(C)(C)C. The van der Waals surface area contributed by atoms with E-state index in [0.717, 1.165) is 0 Å². The van der Waals surface area contributed by atoms with Crippen LogP contribution in [0, 0.1) is 17.5 Å². The van der Waals surface area contributed by atoms with Crippen molar-refractivity contribution in [2.45, 2.75) is 32.8 Å². The number of halogens is 3. The number of aliphatic imine (C=N–C) groups is 1. The summed E-state index contributed by atoms with van der Waals surface area (Å²) < 4.78 is 50.4. The Hall–Kier alpha value is -4.19. The lowest BCUT2D eigenvalue weighted by Crippen LogP contribution is -2.59. The molecular formula is C25H24F3N3O6. The number of hydrogen-bond acceptors (Lipinski definition) is 7. The highest BCUT2D eigenvalue weighted by Gasteiger charge is 2.41. The van der Waals surface area contributed by atoms with Crippen LogP contribution in [0.3, 0.4) is 0 Å². The summed E-state index contributed by atoms with van der Waals surface area (Å²) >= 11 is 0. The Morgan fingerprint density at radius 3 is 2.24 bits per heavy atom. The fraction of sp³-hybridized carbons (Fsp3) is 0.280. The molecule has 1 unspecified atom stereocenters. The van der Waals surface area contributed by atoms with Gasteiger partial charge in [-0.25, -0.2) is 27.8 Å². The number of amidine groups is 1. The molecule has 37 heavy (non-hydrogen) atoms. The van der Waals surface area contributed by atoms with Crippen molar-refractivity contribution in [2.75, 3.05) is 13.6 Å². The quantitative estimate of drug-likeness (QED) is 0.246. The molecule has 9 nitrogen and oxygen atoms in total. The predicted octanol–water partition coefficient (Wildman–Crippen LogP) is 4.11. The molecule has 0 fully saturated rings. The van der Waals surface area contributed by atoms with Crippen molar-refractivity contribution in [2.24, 2.45) is 4.99 Å². The number of hydrogen-bond donors (Lipinski definition) is 0. The van der Waals surface area contributed by atoms with Gasteiger partial charge in [0.2, 0.25) is 5.84 Å². The minimum atomic E-state index is -1.69. The minimum absolute atomic E-state index is 0.0472. The molecule has 2 amide bonds. The Labute approximate surface area is 210 Å². The monoisotopic (exact) mass is 519 g/mol. The van der Waals surface area contributed by atoms with E-state index in [2.05, 4.69) is 4.99 Å². The van der Waals surface area contributed by atoms with E-state index in [4.69, 9.17) is 9.47 Å². The van der Waals surface area contributed by atoms with E-state index in [1.54, 1.807) is 20.8 Å². The van der Waals surface area contributed by atoms with Crippen molar-refractivity contribution in [3.63, 3.8) is 0 Å². The topological polar surface area (TPSA) is 108 Å². The van der Waals surface area contributed by atoms with E-state index in [1.165, 1.54) is 48.6 Å². The molecule has 0 N–H and O–H groups in total. The zero-order valence-corrected chi connectivity index (χ0v) is 20.5. The Morgan fingerprint density at radius 2 is 1.65 bits per heavy atom. The first-order chi connectivity index (χ1) is 17.3. The first-order valence-electron chi connectivity index (χ1n) is 11.0. The molecule has 0 aliphatic carbocycles. The van der Waals surface area contributed by atoms with Crippen LogP contribution in [0.1, 0.15) is 37.6 Å². The first kappa shape index (κ1) is 27.4. The van der Waals surface area contributed by atoms with Crippen LogP contribution < -0.4 is 14.3 Å². The zero-order chi connectivity index (χ0) is 27.5. The molecule has 196 valence electrons. The highest BCUT2D eigenvalue weighted by Crippen LogP contribution is 2.31. The third-order valence-corrected chi connectivity index (χ3v) is 5.29. The third-order valence-electron chi connectivity index (χ3n) is 5.29. The molecule has 0 saturated carbocycles. The van der Waals surface area contributed by atoms with Gasteiger partial charge in [-0.15, -0.1) is 0 Å². The summed E-state index contributed by atoms with van der Waals surface area (Å²) in [4.78, 5) is 42.1. The molecule has 1 aliphatic rings. The van der Waals surface area contributed by atoms with Gasteiger partial charge in [-0.2, -0.15) is 4.48 Å². The zero-order valence-electron chi connectivity index (χ0n) is 20.5. The Kier molecular flexibility index (Phi) is 7.72. The number of rotatable bonds is 6. The van der Waals surface area contributed by atoms with Crippen molar-refractivity contribution < 1.29 is 42.1 Å². The van der Waals surface area contributed by atoms with Gasteiger partial charge in [0, 0.05) is 25.7 Å². The molecule has 2 aromatic carbocycles. The lowest BCUT2D eigenvalue weighted by molar-refractivity contribution is -0.257. The van der Waals surface area contributed by atoms with E-state index >= 15 is 0 Å². The molecule has 0 spiro atoms. The molecule has 12 heteroatoms. The average molecular weight is 519 g/mol. The van der Waals surface area contributed by atoms with E-state index in [9.17, 15) is 32.7 Å². The molecule has 0 radical (unpaired) electrons. The van der Waals surface area contributed by atoms with E-state index < -0.39 is 51.3 Å². The highest BCUT2D eigenvalue weighted by molar-refractivity contribution is 6.10. The van der Waals surface area contributed by atoms with Gasteiger partial charge in [-0.05, 0) is 45.0 Å². The van der Waals surface area contributed by atoms with Crippen molar-refractivity contribution in [1.29, 1.82) is 0 Å². The van der Waals surface area contributed by atoms with Crippen LogP contribution in [0.5, 0.6) is 5.75 Å². The molecule has 2 aromatic rings. The predicted molar refractivity (Wildman–Crippen MR) is 125 cm³/mol. The molecule has 1 aliphatic heterocycles. The van der Waals surface area contributed by atoms with Crippen molar-refractivity contribution in [3.05, 3.63) is 71.8 Å². The minimum Gasteiger partial charge on any atom is -0.497 e. The molecule has 3 rings (SSSR count). The van der Waals surface area contributed by atoms with Crippen molar-refractivity contribution in [3.8, 4) is 5.75 Å². The molecule has 0 bridgehead atoms. The Bertz CT molecular complexity index is 1290. The van der Waals surface area contributed by atoms with Gasteiger partial charge in [0.25, 0.3) is 6.09 Å². The van der Waals surface area contributed by atoms with Crippen LogP contribution in [-0.2, 0) is 4.74 Å². The van der Waals surface area contributed by atoms with Crippen molar-refractivity contribution >= 4 is 29.7 Å². The standard InChI is InChI=1S/C25H24F3N3O6/c1-25(2,3)37-23(33)30(4)13-11-19-29-12-14-31(19,24(34)35)15-5-7-16(8-6-15)36-22(32)20-17(26)9-10-18(27)21(20)28/h5-10,12,14H,11,13H2,1-4H3. The van der Waals surface area contributed by atoms with Crippen LogP contribution in [-0.4, -0.2) is 48.1 Å². The number of ether oxygens (including phenoxy) is 2. The second kappa shape index (κ2) is 10.4. The number of benzene rings is 2. The summed E-state index contributed by atoms with van der Waals surface area (Å²) in [6.07, 6.45) is 0.452. The van der Waals surface area contributed by atoms with Crippen LogP contribution in [0.25, 0.3) is 0 Å². The van der Waals surface area contributed by atoms with Gasteiger partial charge >= 0.3 is 12.1 Å². The largest absolute Gasteiger partial charge is 0.497 e. The van der Waals surface area contributed by atoms with Crippen LogP contribution in [0.15, 0.2) is 53.8 Å². The number of carbonyl (C=O) groups is 3. The summed E-state index contributed by atoms with van der Waals surface area (Å²) in [5.41, 5.74) is -1.77. The third kappa shape index (κ3) is 5.80. The number of amides is 2. The van der Waals surface area contributed by atoms with Crippen LogP contribution in [0.4, 0.5) is 28.4 Å². The molecule has 0 saturated heterocycles. The lowest BCUT2D eigenvalue weighted by Gasteiger charge is -2.32. The number of esters is 1. The van der Waals surface area contributed by atoms with Crippen LogP contribution in [0.2, 0.25) is 0 Å². The average Bonchev–Trinajstić information content (AvgIpc) is 3.24. The summed E-state index contributed by atoms with van der Waals surface area (Å²) in [5, 5.41) is 12.3. The van der Waals surface area contributed by atoms with E-state index in [1.807, 2.05) is 0 Å². The molecule has 0 aromatic heterocycles. The van der Waals surface area contributed by atoms with Gasteiger partial charge in [0.1, 0.15) is 34.6 Å². The molecule has 1 atom stereocenters. The fourth-order valence-electron chi connectivity index (χ4n) is 3.46. The number of nitrogens with zero attached hydrogens (tertiary/aromatic N) is 3. The maximum absolute atomic E-state index is 13.9. The Balaban J connectivity index is 1.78. The maximum Gasteiger partial charge on any atom is 0.410 e. The summed E-state index contributed by atoms with van der Waals surface area (Å²) in [7, 11) is 1.50. The van der Waals surface area contributed by atoms with Crippen LogP contribution >= 0.6 is 0 Å². The summed E-state index contributed by atoms with van der Waals surface area (Å²) in [6.45, 7) is 5.23. The van der Waals surface area contributed by atoms with E-state index in [-0.39, 0.29) is 30.2 Å². The van der Waals surface area contributed by atoms with E-state index in [0.29, 0.717) is 12.1 Å². The second-order valence-corrected chi connectivity index (χ2v) is 9.09. The van der Waals surface area contributed by atoms with Crippen molar-refractivity contribution in [1.82, 2.24) is 9.38 Å². The van der Waals surface area contributed by atoms with Gasteiger partial charge in [-0.3, -0.25) is 0 Å². The molecule has 1 heterocycles. The second-order valence-electron chi connectivity index (χ2n) is 9.09. The normalized spacial score (nSPS) is 16.8. The number of carboxylic acid groups (broad SMARTS) is 1. The van der Waals surface area contributed by atoms with Gasteiger partial charge < -0.3 is 24.3 Å². The van der Waals surface area contributed by atoms with Gasteiger partial charge in [0.05, 0.1) is 12.6 Å². The lowest BCUT2D eigenvalue weighted by atomic mass is 10.2. The maximum atomic E-state index is 13.9. The Morgan fingerprint density at radius 1 is 1.03 bits per heavy atom. The number of quaternary nitrogens is 1. The first-order valence-corrected chi connectivity index (χ1v) is 11.0. The fourth-order valence-corrected chi connectivity index (χ4v) is 3.46. The number of carbonyl (C=O) groups excluding carboxylic acids is 3. The smallest absolute Gasteiger partial charge is 0.410 e. The van der Waals surface area contributed by atoms with Gasteiger partial charge in [-0.1, -0.05) is 0 Å². The molecular weight excluding hydrogens is 495 g/mol. The van der Waals surface area contributed by atoms with Gasteiger partial charge in [0.15, 0.2) is 11.6 Å². The summed E-state index contributed by atoms with van der Waals surface area (Å²) in [5.74, 6) is -5.94. The summed E-state index contributed by atoms with van der Waals surface area (Å²) in [6, 6.07) is 6.10.